The molecule has 0 aliphatic heterocycles. The molecule has 4 heteroatoms. The van der Waals surface area contributed by atoms with Gasteiger partial charge >= 0.3 is 5.97 Å². The fraction of sp³-hybridized carbons (Fsp3) is 0.364. The predicted octanol–water partition coefficient (Wildman–Crippen LogP) is 1.30. The number of carbonyl (C=O) groups is 1. The molecule has 0 fully saturated rings. The minimum Gasteiger partial charge on any atom is -0.508 e. The van der Waals surface area contributed by atoms with E-state index in [0.29, 0.717) is 0 Å². The number of carboxylic acid groups (broad SMARTS) is 1. The lowest BCUT2D eigenvalue weighted by atomic mass is 9.92. The van der Waals surface area contributed by atoms with Gasteiger partial charge < -0.3 is 15.9 Å². The lowest BCUT2D eigenvalue weighted by Gasteiger charge is -2.18. The molecule has 1 rings (SSSR count). The van der Waals surface area contributed by atoms with Crippen molar-refractivity contribution >= 4 is 5.97 Å². The first-order valence-electron chi connectivity index (χ1n) is 4.77. The molecule has 15 heavy (non-hydrogen) atoms. The highest BCUT2D eigenvalue weighted by molar-refractivity contribution is 5.67. The number of rotatable bonds is 4. The third kappa shape index (κ3) is 3.25. The van der Waals surface area contributed by atoms with Gasteiger partial charge in [0.1, 0.15) is 5.75 Å². The molecule has 4 N–H and O–H groups in total. The van der Waals surface area contributed by atoms with Crippen LogP contribution in [0, 0.1) is 0 Å². The van der Waals surface area contributed by atoms with E-state index in [1.807, 2.05) is 13.0 Å². The van der Waals surface area contributed by atoms with E-state index in [1.165, 1.54) is 0 Å². The molecule has 82 valence electrons. The van der Waals surface area contributed by atoms with Crippen LogP contribution in [-0.2, 0) is 4.79 Å². The van der Waals surface area contributed by atoms with Crippen molar-refractivity contribution in [2.75, 3.05) is 0 Å². The van der Waals surface area contributed by atoms with Crippen LogP contribution in [0.15, 0.2) is 24.3 Å². The van der Waals surface area contributed by atoms with Crippen molar-refractivity contribution in [1.82, 2.24) is 0 Å². The standard InChI is InChI=1S/C11H15NO3/c1-7(10(12)6-11(14)15)8-3-2-4-9(13)5-8/h2-5,7,10,13H,6,12H2,1H3,(H,14,15). The Labute approximate surface area is 88.3 Å². The van der Waals surface area contributed by atoms with Crippen molar-refractivity contribution in [2.24, 2.45) is 5.73 Å². The molecule has 4 nitrogen and oxygen atoms in total. The predicted molar refractivity (Wildman–Crippen MR) is 56.8 cm³/mol. The van der Waals surface area contributed by atoms with Gasteiger partial charge in [-0.1, -0.05) is 19.1 Å². The van der Waals surface area contributed by atoms with Gasteiger partial charge in [0.15, 0.2) is 0 Å². The Bertz CT molecular complexity index is 351. The Morgan fingerprint density at radius 1 is 1.53 bits per heavy atom. The molecular weight excluding hydrogens is 194 g/mol. The summed E-state index contributed by atoms with van der Waals surface area (Å²) in [7, 11) is 0. The highest BCUT2D eigenvalue weighted by Gasteiger charge is 2.17. The van der Waals surface area contributed by atoms with Crippen molar-refractivity contribution < 1.29 is 15.0 Å². The second-order valence-electron chi connectivity index (χ2n) is 3.65. The topological polar surface area (TPSA) is 83.5 Å². The lowest BCUT2D eigenvalue weighted by Crippen LogP contribution is -2.29. The zero-order chi connectivity index (χ0) is 11.4. The number of aromatic hydroxyl groups is 1. The van der Waals surface area contributed by atoms with Crippen LogP contribution in [0.3, 0.4) is 0 Å². The maximum atomic E-state index is 10.5. The summed E-state index contributed by atoms with van der Waals surface area (Å²) in [5.74, 6) is -0.829. The van der Waals surface area contributed by atoms with E-state index in [9.17, 15) is 9.90 Å². The zero-order valence-electron chi connectivity index (χ0n) is 8.55. The molecule has 0 spiro atoms. The molecule has 0 heterocycles. The molecule has 0 aliphatic rings. The first-order chi connectivity index (χ1) is 7.00. The van der Waals surface area contributed by atoms with Crippen LogP contribution < -0.4 is 5.73 Å². The Hall–Kier alpha value is -1.55. The third-order valence-corrected chi connectivity index (χ3v) is 2.45. The van der Waals surface area contributed by atoms with Gasteiger partial charge in [0, 0.05) is 6.04 Å². The van der Waals surface area contributed by atoms with Crippen LogP contribution in [0.25, 0.3) is 0 Å². The van der Waals surface area contributed by atoms with Crippen LogP contribution in [0.5, 0.6) is 5.75 Å². The molecule has 1 aromatic carbocycles. The van der Waals surface area contributed by atoms with Crippen LogP contribution in [0.4, 0.5) is 0 Å². The van der Waals surface area contributed by atoms with Gasteiger partial charge in [-0.2, -0.15) is 0 Å². The molecule has 0 amide bonds. The minimum absolute atomic E-state index is 0.0726. The minimum atomic E-state index is -0.908. The maximum Gasteiger partial charge on any atom is 0.304 e. The smallest absolute Gasteiger partial charge is 0.304 e. The van der Waals surface area contributed by atoms with Crippen LogP contribution in [0.1, 0.15) is 24.8 Å². The normalized spacial score (nSPS) is 14.5. The van der Waals surface area contributed by atoms with Crippen molar-refractivity contribution in [1.29, 1.82) is 0 Å². The van der Waals surface area contributed by atoms with Crippen molar-refractivity contribution in [3.05, 3.63) is 29.8 Å². The highest BCUT2D eigenvalue weighted by atomic mass is 16.4. The quantitative estimate of drug-likeness (QED) is 0.697. The highest BCUT2D eigenvalue weighted by Crippen LogP contribution is 2.23. The molecule has 0 aromatic heterocycles. The first-order valence-corrected chi connectivity index (χ1v) is 4.77. The molecule has 2 atom stereocenters. The van der Waals surface area contributed by atoms with Gasteiger partial charge in [0.25, 0.3) is 0 Å². The second-order valence-corrected chi connectivity index (χ2v) is 3.65. The maximum absolute atomic E-state index is 10.5. The summed E-state index contributed by atoms with van der Waals surface area (Å²) in [6, 6.07) is 6.27. The Kier molecular flexibility index (Phi) is 3.68. The lowest BCUT2D eigenvalue weighted by molar-refractivity contribution is -0.137. The summed E-state index contributed by atoms with van der Waals surface area (Å²) in [6.45, 7) is 1.85. The summed E-state index contributed by atoms with van der Waals surface area (Å²) in [6.07, 6.45) is -0.0726. The summed E-state index contributed by atoms with van der Waals surface area (Å²) in [4.78, 5) is 10.5. The van der Waals surface area contributed by atoms with E-state index in [4.69, 9.17) is 10.8 Å². The van der Waals surface area contributed by atoms with Gasteiger partial charge in [-0.15, -0.1) is 0 Å². The van der Waals surface area contributed by atoms with Gasteiger partial charge in [0.05, 0.1) is 6.42 Å². The zero-order valence-corrected chi connectivity index (χ0v) is 8.55. The van der Waals surface area contributed by atoms with E-state index in [0.717, 1.165) is 5.56 Å². The number of nitrogens with two attached hydrogens (primary N) is 1. The van der Waals surface area contributed by atoms with Crippen LogP contribution >= 0.6 is 0 Å². The fourth-order valence-electron chi connectivity index (χ4n) is 1.43. The van der Waals surface area contributed by atoms with Crippen molar-refractivity contribution in [3.63, 3.8) is 0 Å². The van der Waals surface area contributed by atoms with Gasteiger partial charge in [-0.25, -0.2) is 0 Å². The number of carboxylic acids is 1. The molecule has 1 aromatic rings. The number of phenolic OH excluding ortho intramolecular Hbond substituents is 1. The van der Waals surface area contributed by atoms with E-state index in [2.05, 4.69) is 0 Å². The van der Waals surface area contributed by atoms with Crippen LogP contribution in [-0.4, -0.2) is 22.2 Å². The fourth-order valence-corrected chi connectivity index (χ4v) is 1.43. The first kappa shape index (κ1) is 11.5. The molecule has 0 bridgehead atoms. The van der Waals surface area contributed by atoms with E-state index >= 15 is 0 Å². The van der Waals surface area contributed by atoms with Crippen molar-refractivity contribution in [2.45, 2.75) is 25.3 Å². The molecule has 0 saturated carbocycles. The van der Waals surface area contributed by atoms with Gasteiger partial charge in [0.2, 0.25) is 0 Å². The molecule has 0 saturated heterocycles. The average molecular weight is 209 g/mol. The summed E-state index contributed by atoms with van der Waals surface area (Å²) < 4.78 is 0. The van der Waals surface area contributed by atoms with Gasteiger partial charge in [-0.3, -0.25) is 4.79 Å². The SMILES string of the molecule is CC(c1cccc(O)c1)C(N)CC(=O)O. The largest absolute Gasteiger partial charge is 0.508 e. The number of hydrogen-bond acceptors (Lipinski definition) is 3. The van der Waals surface area contributed by atoms with E-state index in [1.54, 1.807) is 18.2 Å². The van der Waals surface area contributed by atoms with E-state index < -0.39 is 12.0 Å². The van der Waals surface area contributed by atoms with Gasteiger partial charge in [-0.05, 0) is 23.6 Å². The van der Waals surface area contributed by atoms with Crippen molar-refractivity contribution in [3.8, 4) is 5.75 Å². The molecular formula is C11H15NO3. The number of benzene rings is 1. The number of aliphatic carboxylic acids is 1. The number of hydrogen-bond donors (Lipinski definition) is 3. The Balaban J connectivity index is 2.75. The average Bonchev–Trinajstić information content (AvgIpc) is 2.15. The van der Waals surface area contributed by atoms with Crippen LogP contribution in [0.2, 0.25) is 0 Å². The monoisotopic (exact) mass is 209 g/mol. The molecule has 0 radical (unpaired) electrons. The third-order valence-electron chi connectivity index (χ3n) is 2.45. The summed E-state index contributed by atoms with van der Waals surface area (Å²) >= 11 is 0. The summed E-state index contributed by atoms with van der Waals surface area (Å²) in [5, 5.41) is 17.9. The Morgan fingerprint density at radius 3 is 2.73 bits per heavy atom. The van der Waals surface area contributed by atoms with E-state index in [-0.39, 0.29) is 18.1 Å². The molecule has 0 aliphatic carbocycles. The number of phenols is 1. The molecule has 2 unspecified atom stereocenters. The Morgan fingerprint density at radius 2 is 2.20 bits per heavy atom. The summed E-state index contributed by atoms with van der Waals surface area (Å²) in [5.41, 5.74) is 6.59. The second kappa shape index (κ2) is 4.79.